The largest absolute Gasteiger partial charge is 0.316 e. The molecular weight excluding hydrogens is 237 g/mol. The van der Waals surface area contributed by atoms with Gasteiger partial charge in [-0.3, -0.25) is 0 Å². The van der Waals surface area contributed by atoms with E-state index in [1.54, 1.807) is 6.07 Å². The summed E-state index contributed by atoms with van der Waals surface area (Å²) in [5, 5.41) is 3.44. The molecule has 1 N–H and O–H groups in total. The molecule has 0 spiro atoms. The van der Waals surface area contributed by atoms with Crippen molar-refractivity contribution < 1.29 is 4.39 Å². The number of aryl methyl sites for hydroxylation is 2. The summed E-state index contributed by atoms with van der Waals surface area (Å²) in [5.74, 6) is 0.590. The Hall–Kier alpha value is -0.890. The summed E-state index contributed by atoms with van der Waals surface area (Å²) < 4.78 is 14.2. The fourth-order valence-corrected chi connectivity index (χ4v) is 2.69. The van der Waals surface area contributed by atoms with Crippen molar-refractivity contribution in [1.29, 1.82) is 0 Å². The first-order chi connectivity index (χ1) is 8.74. The first kappa shape index (κ1) is 16.2. The Morgan fingerprint density at radius 1 is 1.21 bits per heavy atom. The summed E-state index contributed by atoms with van der Waals surface area (Å²) in [7, 11) is 0. The first-order valence-electron chi connectivity index (χ1n) is 7.22. The van der Waals surface area contributed by atoms with Crippen LogP contribution in [0.1, 0.15) is 50.8 Å². The van der Waals surface area contributed by atoms with Gasteiger partial charge in [-0.15, -0.1) is 0 Å². The van der Waals surface area contributed by atoms with Crippen molar-refractivity contribution in [3.05, 3.63) is 34.6 Å². The van der Waals surface area contributed by atoms with Gasteiger partial charge in [0.1, 0.15) is 5.82 Å². The van der Waals surface area contributed by atoms with Crippen molar-refractivity contribution >= 4 is 0 Å². The van der Waals surface area contributed by atoms with Crippen LogP contribution in [0, 0.1) is 25.6 Å². The Morgan fingerprint density at radius 2 is 1.84 bits per heavy atom. The molecule has 2 heteroatoms. The lowest BCUT2D eigenvalue weighted by Gasteiger charge is -2.28. The van der Waals surface area contributed by atoms with Gasteiger partial charge in [0.15, 0.2) is 0 Å². The van der Waals surface area contributed by atoms with E-state index in [-0.39, 0.29) is 11.2 Å². The summed E-state index contributed by atoms with van der Waals surface area (Å²) in [6.07, 6.45) is 0.945. The molecule has 0 saturated carbocycles. The molecule has 19 heavy (non-hydrogen) atoms. The van der Waals surface area contributed by atoms with Crippen molar-refractivity contribution in [3.8, 4) is 0 Å². The van der Waals surface area contributed by atoms with Gasteiger partial charge < -0.3 is 5.32 Å². The fourth-order valence-electron chi connectivity index (χ4n) is 2.69. The number of rotatable bonds is 6. The average molecular weight is 265 g/mol. The van der Waals surface area contributed by atoms with Crippen LogP contribution in [0.4, 0.5) is 4.39 Å². The Labute approximate surface area is 117 Å². The third-order valence-electron chi connectivity index (χ3n) is 3.59. The minimum atomic E-state index is -0.133. The zero-order valence-corrected chi connectivity index (χ0v) is 13.2. The molecule has 1 aromatic rings. The van der Waals surface area contributed by atoms with E-state index in [0.717, 1.165) is 36.2 Å². The molecule has 0 aliphatic carbocycles. The fraction of sp³-hybridized carbons (Fsp3) is 0.647. The van der Waals surface area contributed by atoms with Crippen LogP contribution in [0.3, 0.4) is 0 Å². The van der Waals surface area contributed by atoms with Crippen LogP contribution in [0.2, 0.25) is 0 Å². The minimum Gasteiger partial charge on any atom is -0.316 e. The molecule has 0 fully saturated rings. The lowest BCUT2D eigenvalue weighted by molar-refractivity contribution is 0.422. The summed E-state index contributed by atoms with van der Waals surface area (Å²) in [6.45, 7) is 14.6. The third-order valence-corrected chi connectivity index (χ3v) is 3.59. The van der Waals surface area contributed by atoms with Crippen molar-refractivity contribution in [2.45, 2.75) is 53.4 Å². The maximum atomic E-state index is 14.2. The minimum absolute atomic E-state index is 0.0636. The normalized spacial score (nSPS) is 12.2. The van der Waals surface area contributed by atoms with Crippen molar-refractivity contribution in [3.63, 3.8) is 0 Å². The second kappa shape index (κ2) is 6.51. The van der Waals surface area contributed by atoms with Crippen LogP contribution < -0.4 is 5.32 Å². The lowest BCUT2D eigenvalue weighted by atomic mass is 9.78. The molecule has 0 atom stereocenters. The van der Waals surface area contributed by atoms with Gasteiger partial charge in [-0.25, -0.2) is 4.39 Å². The highest BCUT2D eigenvalue weighted by molar-refractivity contribution is 5.37. The molecule has 0 heterocycles. The Morgan fingerprint density at radius 3 is 2.37 bits per heavy atom. The highest BCUT2D eigenvalue weighted by Gasteiger charge is 2.25. The number of nitrogens with one attached hydrogen (secondary N) is 1. The topological polar surface area (TPSA) is 12.0 Å². The predicted octanol–water partition coefficient (Wildman–Crippen LogP) is 4.36. The van der Waals surface area contributed by atoms with E-state index in [4.69, 9.17) is 0 Å². The summed E-state index contributed by atoms with van der Waals surface area (Å²) in [4.78, 5) is 0. The quantitative estimate of drug-likeness (QED) is 0.754. The van der Waals surface area contributed by atoms with Gasteiger partial charge in [0, 0.05) is 0 Å². The van der Waals surface area contributed by atoms with Gasteiger partial charge in [0.2, 0.25) is 0 Å². The van der Waals surface area contributed by atoms with Crippen LogP contribution in [-0.2, 0) is 5.41 Å². The molecule has 0 aliphatic heterocycles. The van der Waals surface area contributed by atoms with Gasteiger partial charge in [-0.05, 0) is 67.4 Å². The third kappa shape index (κ3) is 4.61. The second-order valence-corrected chi connectivity index (χ2v) is 6.67. The number of hydrogen-bond donors (Lipinski definition) is 1. The van der Waals surface area contributed by atoms with Crippen molar-refractivity contribution in [2.24, 2.45) is 5.92 Å². The van der Waals surface area contributed by atoms with Gasteiger partial charge in [-0.1, -0.05) is 33.8 Å². The Kier molecular flexibility index (Phi) is 5.54. The number of hydrogen-bond acceptors (Lipinski definition) is 1. The first-order valence-corrected chi connectivity index (χ1v) is 7.22. The van der Waals surface area contributed by atoms with E-state index in [2.05, 4.69) is 39.1 Å². The second-order valence-electron chi connectivity index (χ2n) is 6.67. The van der Waals surface area contributed by atoms with Crippen LogP contribution in [-0.4, -0.2) is 13.1 Å². The SMILES string of the molecule is Cc1cc(C)c(C(C)(C)CCNCC(C)C)c(F)c1. The maximum Gasteiger partial charge on any atom is 0.127 e. The molecule has 0 radical (unpaired) electrons. The molecule has 1 nitrogen and oxygen atoms in total. The smallest absolute Gasteiger partial charge is 0.127 e. The zero-order valence-electron chi connectivity index (χ0n) is 13.2. The molecule has 0 unspecified atom stereocenters. The molecule has 1 rings (SSSR count). The molecule has 1 aromatic carbocycles. The van der Waals surface area contributed by atoms with E-state index in [9.17, 15) is 4.39 Å². The summed E-state index contributed by atoms with van der Waals surface area (Å²) >= 11 is 0. The van der Waals surface area contributed by atoms with E-state index < -0.39 is 0 Å². The maximum absolute atomic E-state index is 14.2. The molecule has 0 aromatic heterocycles. The Bertz CT molecular complexity index is 398. The van der Waals surface area contributed by atoms with E-state index >= 15 is 0 Å². The zero-order chi connectivity index (χ0) is 14.6. The molecule has 0 saturated heterocycles. The average Bonchev–Trinajstić information content (AvgIpc) is 2.22. The van der Waals surface area contributed by atoms with Gasteiger partial charge >= 0.3 is 0 Å². The highest BCUT2D eigenvalue weighted by Crippen LogP contribution is 2.32. The molecule has 0 aliphatic rings. The standard InChI is InChI=1S/C17H28FN/c1-12(2)11-19-8-7-17(5,6)16-14(4)9-13(3)10-15(16)18/h9-10,12,19H,7-8,11H2,1-6H3. The van der Waals surface area contributed by atoms with Crippen LogP contribution in [0.15, 0.2) is 12.1 Å². The van der Waals surface area contributed by atoms with Crippen LogP contribution >= 0.6 is 0 Å². The van der Waals surface area contributed by atoms with Gasteiger partial charge in [-0.2, -0.15) is 0 Å². The van der Waals surface area contributed by atoms with Crippen LogP contribution in [0.25, 0.3) is 0 Å². The van der Waals surface area contributed by atoms with Gasteiger partial charge in [0.25, 0.3) is 0 Å². The number of benzene rings is 1. The van der Waals surface area contributed by atoms with E-state index in [1.807, 2.05) is 13.8 Å². The van der Waals surface area contributed by atoms with Crippen molar-refractivity contribution in [1.82, 2.24) is 5.32 Å². The van der Waals surface area contributed by atoms with E-state index in [0.29, 0.717) is 5.92 Å². The Balaban J connectivity index is 2.77. The summed E-state index contributed by atoms with van der Waals surface area (Å²) in [6, 6.07) is 3.72. The highest BCUT2D eigenvalue weighted by atomic mass is 19.1. The molecule has 108 valence electrons. The van der Waals surface area contributed by atoms with E-state index in [1.165, 1.54) is 0 Å². The molecule has 0 bridgehead atoms. The monoisotopic (exact) mass is 265 g/mol. The predicted molar refractivity (Wildman–Crippen MR) is 81.2 cm³/mol. The molecule has 0 amide bonds. The van der Waals surface area contributed by atoms with Gasteiger partial charge in [0.05, 0.1) is 0 Å². The van der Waals surface area contributed by atoms with Crippen molar-refractivity contribution in [2.75, 3.05) is 13.1 Å². The number of halogens is 1. The summed E-state index contributed by atoms with van der Waals surface area (Å²) in [5.41, 5.74) is 2.79. The molecular formula is C17H28FN. The van der Waals surface area contributed by atoms with Crippen LogP contribution in [0.5, 0.6) is 0 Å². The lowest BCUT2D eigenvalue weighted by Crippen LogP contribution is -2.29.